The standard InChI is InChI=1S/C21H25NO4/c1-16(25-15-20-9-5-6-14-24-20)21(23)22-17-10-12-19(13-11-17)26-18-7-3-2-4-8-18/h2-4,7-8,10-13,16,20H,5-6,9,14-15H2,1H3,(H,22,23). The molecule has 1 N–H and O–H groups in total. The first-order valence-electron chi connectivity index (χ1n) is 9.08. The molecule has 0 radical (unpaired) electrons. The lowest BCUT2D eigenvalue weighted by molar-refractivity contribution is -0.130. The second-order valence-corrected chi connectivity index (χ2v) is 6.39. The molecule has 2 unspecified atom stereocenters. The molecule has 2 aromatic rings. The van der Waals surface area contributed by atoms with Crippen molar-refractivity contribution < 1.29 is 19.0 Å². The van der Waals surface area contributed by atoms with Gasteiger partial charge in [0.05, 0.1) is 12.7 Å². The number of para-hydroxylation sites is 1. The maximum atomic E-state index is 12.3. The molecule has 1 aliphatic rings. The van der Waals surface area contributed by atoms with Gasteiger partial charge in [0.25, 0.3) is 5.91 Å². The minimum atomic E-state index is -0.527. The van der Waals surface area contributed by atoms with E-state index in [4.69, 9.17) is 14.2 Å². The van der Waals surface area contributed by atoms with Crippen LogP contribution in [0.4, 0.5) is 5.69 Å². The number of rotatable bonds is 7. The number of ether oxygens (including phenoxy) is 3. The van der Waals surface area contributed by atoms with Crippen LogP contribution in [0.1, 0.15) is 26.2 Å². The van der Waals surface area contributed by atoms with E-state index in [-0.39, 0.29) is 12.0 Å². The van der Waals surface area contributed by atoms with Gasteiger partial charge >= 0.3 is 0 Å². The highest BCUT2D eigenvalue weighted by atomic mass is 16.5. The summed E-state index contributed by atoms with van der Waals surface area (Å²) in [6, 6.07) is 16.8. The third kappa shape index (κ3) is 5.58. The highest BCUT2D eigenvalue weighted by Gasteiger charge is 2.19. The highest BCUT2D eigenvalue weighted by molar-refractivity contribution is 5.93. The Balaban J connectivity index is 1.46. The van der Waals surface area contributed by atoms with Crippen molar-refractivity contribution in [3.8, 4) is 11.5 Å². The van der Waals surface area contributed by atoms with Crippen LogP contribution < -0.4 is 10.1 Å². The van der Waals surface area contributed by atoms with Gasteiger partial charge in [-0.05, 0) is 62.6 Å². The maximum absolute atomic E-state index is 12.3. The molecular weight excluding hydrogens is 330 g/mol. The van der Waals surface area contributed by atoms with Gasteiger partial charge in [-0.2, -0.15) is 0 Å². The molecule has 0 aromatic heterocycles. The predicted molar refractivity (Wildman–Crippen MR) is 101 cm³/mol. The van der Waals surface area contributed by atoms with Crippen LogP contribution in [0, 0.1) is 0 Å². The average Bonchev–Trinajstić information content (AvgIpc) is 2.69. The van der Waals surface area contributed by atoms with Crippen LogP contribution in [0.5, 0.6) is 11.5 Å². The molecule has 138 valence electrons. The summed E-state index contributed by atoms with van der Waals surface area (Å²) >= 11 is 0. The molecule has 1 amide bonds. The summed E-state index contributed by atoms with van der Waals surface area (Å²) < 4.78 is 17.0. The highest BCUT2D eigenvalue weighted by Crippen LogP contribution is 2.22. The summed E-state index contributed by atoms with van der Waals surface area (Å²) in [5.41, 5.74) is 0.708. The van der Waals surface area contributed by atoms with Crippen molar-refractivity contribution in [2.24, 2.45) is 0 Å². The minimum Gasteiger partial charge on any atom is -0.457 e. The molecule has 26 heavy (non-hydrogen) atoms. The lowest BCUT2D eigenvalue weighted by Gasteiger charge is -2.23. The average molecular weight is 355 g/mol. The van der Waals surface area contributed by atoms with E-state index < -0.39 is 6.10 Å². The molecule has 5 nitrogen and oxygen atoms in total. The monoisotopic (exact) mass is 355 g/mol. The Hall–Kier alpha value is -2.37. The zero-order valence-corrected chi connectivity index (χ0v) is 15.0. The normalized spacial score (nSPS) is 18.1. The third-order valence-electron chi connectivity index (χ3n) is 4.28. The van der Waals surface area contributed by atoms with Gasteiger partial charge in [0.2, 0.25) is 0 Å². The summed E-state index contributed by atoms with van der Waals surface area (Å²) in [5.74, 6) is 1.32. The van der Waals surface area contributed by atoms with Crippen molar-refractivity contribution in [1.29, 1.82) is 0 Å². The van der Waals surface area contributed by atoms with Gasteiger partial charge in [0.15, 0.2) is 0 Å². The van der Waals surface area contributed by atoms with Crippen molar-refractivity contribution >= 4 is 11.6 Å². The summed E-state index contributed by atoms with van der Waals surface area (Å²) in [6.45, 7) is 3.00. The van der Waals surface area contributed by atoms with Crippen LogP contribution in [-0.4, -0.2) is 31.3 Å². The molecule has 0 bridgehead atoms. The quantitative estimate of drug-likeness (QED) is 0.800. The van der Waals surface area contributed by atoms with Gasteiger partial charge in [-0.3, -0.25) is 4.79 Å². The number of carbonyl (C=O) groups is 1. The van der Waals surface area contributed by atoms with Gasteiger partial charge in [-0.1, -0.05) is 18.2 Å². The number of nitrogens with one attached hydrogen (secondary N) is 1. The Bertz CT molecular complexity index is 681. The fraction of sp³-hybridized carbons (Fsp3) is 0.381. The van der Waals surface area contributed by atoms with Gasteiger partial charge < -0.3 is 19.5 Å². The topological polar surface area (TPSA) is 56.8 Å². The fourth-order valence-corrected chi connectivity index (χ4v) is 2.74. The van der Waals surface area contributed by atoms with E-state index in [0.717, 1.165) is 31.6 Å². The van der Waals surface area contributed by atoms with E-state index >= 15 is 0 Å². The third-order valence-corrected chi connectivity index (χ3v) is 4.28. The molecule has 2 atom stereocenters. The molecule has 1 aliphatic heterocycles. The Labute approximate surface area is 154 Å². The van der Waals surface area contributed by atoms with Crippen molar-refractivity contribution in [1.82, 2.24) is 0 Å². The van der Waals surface area contributed by atoms with E-state index in [1.54, 1.807) is 6.92 Å². The Kier molecular flexibility index (Phi) is 6.63. The van der Waals surface area contributed by atoms with Gasteiger partial charge in [-0.15, -0.1) is 0 Å². The Morgan fingerprint density at radius 2 is 1.85 bits per heavy atom. The Morgan fingerprint density at radius 1 is 1.12 bits per heavy atom. The van der Waals surface area contributed by atoms with E-state index in [1.807, 2.05) is 54.6 Å². The second kappa shape index (κ2) is 9.36. The smallest absolute Gasteiger partial charge is 0.253 e. The van der Waals surface area contributed by atoms with Crippen LogP contribution in [0.25, 0.3) is 0 Å². The van der Waals surface area contributed by atoms with E-state index in [0.29, 0.717) is 18.0 Å². The van der Waals surface area contributed by atoms with Crippen molar-refractivity contribution in [2.45, 2.75) is 38.4 Å². The zero-order valence-electron chi connectivity index (χ0n) is 15.0. The van der Waals surface area contributed by atoms with Crippen molar-refractivity contribution in [3.05, 3.63) is 54.6 Å². The number of amides is 1. The summed E-state index contributed by atoms with van der Waals surface area (Å²) in [6.07, 6.45) is 2.84. The first-order valence-corrected chi connectivity index (χ1v) is 9.08. The van der Waals surface area contributed by atoms with Crippen LogP contribution in [0.15, 0.2) is 54.6 Å². The molecule has 0 spiro atoms. The zero-order chi connectivity index (χ0) is 18.2. The van der Waals surface area contributed by atoms with E-state index in [9.17, 15) is 4.79 Å². The fourth-order valence-electron chi connectivity index (χ4n) is 2.74. The molecule has 2 aromatic carbocycles. The number of carbonyl (C=O) groups excluding carboxylic acids is 1. The summed E-state index contributed by atoms with van der Waals surface area (Å²) in [5, 5.41) is 2.86. The molecule has 5 heteroatoms. The van der Waals surface area contributed by atoms with E-state index in [1.165, 1.54) is 0 Å². The lowest BCUT2D eigenvalue weighted by atomic mass is 10.1. The molecule has 0 aliphatic carbocycles. The molecular formula is C21H25NO4. The van der Waals surface area contributed by atoms with Crippen molar-refractivity contribution in [3.63, 3.8) is 0 Å². The largest absolute Gasteiger partial charge is 0.457 e. The summed E-state index contributed by atoms with van der Waals surface area (Å²) in [7, 11) is 0. The number of benzene rings is 2. The van der Waals surface area contributed by atoms with Gasteiger partial charge in [0, 0.05) is 12.3 Å². The van der Waals surface area contributed by atoms with Crippen LogP contribution >= 0.6 is 0 Å². The number of hydrogen-bond donors (Lipinski definition) is 1. The molecule has 0 saturated carbocycles. The van der Waals surface area contributed by atoms with Gasteiger partial charge in [-0.25, -0.2) is 0 Å². The molecule has 1 heterocycles. The second-order valence-electron chi connectivity index (χ2n) is 6.39. The first-order chi connectivity index (χ1) is 12.7. The number of anilines is 1. The van der Waals surface area contributed by atoms with Crippen LogP contribution in [0.3, 0.4) is 0 Å². The maximum Gasteiger partial charge on any atom is 0.253 e. The minimum absolute atomic E-state index is 0.105. The van der Waals surface area contributed by atoms with E-state index in [2.05, 4.69) is 5.32 Å². The first kappa shape index (κ1) is 18.4. The van der Waals surface area contributed by atoms with Crippen LogP contribution in [-0.2, 0) is 14.3 Å². The predicted octanol–water partition coefficient (Wildman–Crippen LogP) is 4.39. The molecule has 3 rings (SSSR count). The molecule has 1 saturated heterocycles. The molecule has 1 fully saturated rings. The van der Waals surface area contributed by atoms with Gasteiger partial charge in [0.1, 0.15) is 17.6 Å². The number of hydrogen-bond acceptors (Lipinski definition) is 4. The van der Waals surface area contributed by atoms with Crippen LogP contribution in [0.2, 0.25) is 0 Å². The lowest BCUT2D eigenvalue weighted by Crippen LogP contribution is -2.32. The SMILES string of the molecule is CC(OCC1CCCCO1)C(=O)Nc1ccc(Oc2ccccc2)cc1. The van der Waals surface area contributed by atoms with Crippen molar-refractivity contribution in [2.75, 3.05) is 18.5 Å². The summed E-state index contributed by atoms with van der Waals surface area (Å²) in [4.78, 5) is 12.3. The Morgan fingerprint density at radius 3 is 2.54 bits per heavy atom.